The van der Waals surface area contributed by atoms with Gasteiger partial charge in [0.15, 0.2) is 0 Å². The molecular formula is C11H29O7P. The molecule has 0 amide bonds. The molecule has 0 aliphatic rings. The average molecular weight is 304 g/mol. The van der Waals surface area contributed by atoms with Crippen molar-refractivity contribution in [1.82, 2.24) is 0 Å². The Balaban J connectivity index is -0.0000000835. The maximum absolute atomic E-state index is 9.82. The number of aliphatic hydroxyl groups is 1. The summed E-state index contributed by atoms with van der Waals surface area (Å²) in [6, 6.07) is 0. The number of rotatable bonds is 4. The Morgan fingerprint density at radius 1 is 1.00 bits per heavy atom. The predicted octanol–water partition coefficient (Wildman–Crippen LogP) is 1.84. The van der Waals surface area contributed by atoms with E-state index in [-0.39, 0.29) is 5.97 Å². The van der Waals surface area contributed by atoms with Crippen molar-refractivity contribution in [3.05, 3.63) is 0 Å². The maximum atomic E-state index is 9.82. The third-order valence-corrected chi connectivity index (χ3v) is 1.30. The summed E-state index contributed by atoms with van der Waals surface area (Å²) in [6.07, 6.45) is 5.54. The fourth-order valence-corrected chi connectivity index (χ4v) is 0.703. The summed E-state index contributed by atoms with van der Waals surface area (Å²) < 4.78 is 13.3. The largest absolute Gasteiger partial charge is 0.466 e. The summed E-state index contributed by atoms with van der Waals surface area (Å²) in [5, 5.41) is 7.00. The van der Waals surface area contributed by atoms with Gasteiger partial charge in [-0.2, -0.15) is 0 Å². The molecule has 0 heterocycles. The summed E-state index contributed by atoms with van der Waals surface area (Å²) in [5.74, 6) is -0.211. The monoisotopic (exact) mass is 304 g/mol. The molecule has 120 valence electrons. The van der Waals surface area contributed by atoms with Crippen molar-refractivity contribution in [1.29, 1.82) is 0 Å². The van der Waals surface area contributed by atoms with Crippen molar-refractivity contribution in [2.75, 3.05) is 13.7 Å². The van der Waals surface area contributed by atoms with Gasteiger partial charge in [0.2, 0.25) is 0 Å². The van der Waals surface area contributed by atoms with Crippen LogP contribution in [0.25, 0.3) is 0 Å². The summed E-state index contributed by atoms with van der Waals surface area (Å²) in [6.45, 7) is 8.12. The van der Waals surface area contributed by atoms with E-state index in [1.54, 1.807) is 6.92 Å². The van der Waals surface area contributed by atoms with Gasteiger partial charge in [0.05, 0.1) is 6.61 Å². The minimum absolute atomic E-state index is 0.211. The van der Waals surface area contributed by atoms with E-state index in [0.29, 0.717) is 6.61 Å². The zero-order valence-electron chi connectivity index (χ0n) is 12.5. The van der Waals surface area contributed by atoms with Gasteiger partial charge in [-0.15, -0.1) is 0 Å². The molecule has 0 aromatic rings. The third-order valence-electron chi connectivity index (χ3n) is 1.30. The standard InChI is InChI=1S/C6H14.C4H8O2.CH4O.H3O4P/c1-3-5-6-4-2;1-3-6-4(2)5;1-2;1-5(2,3)4/h3-6H2,1-2H3;3H2,1-2H3;2H,1H3;(H3,1,2,3,4). The maximum Gasteiger partial charge on any atom is 0.466 e. The molecule has 0 rings (SSSR count). The molecule has 8 heteroatoms. The molecule has 0 radical (unpaired) electrons. The zero-order valence-corrected chi connectivity index (χ0v) is 13.4. The number of hydrogen-bond acceptors (Lipinski definition) is 4. The Bertz CT molecular complexity index is 191. The lowest BCUT2D eigenvalue weighted by atomic mass is 10.2. The molecule has 0 aliphatic carbocycles. The van der Waals surface area contributed by atoms with Crippen LogP contribution in [0.5, 0.6) is 0 Å². The van der Waals surface area contributed by atoms with E-state index in [2.05, 4.69) is 18.6 Å². The van der Waals surface area contributed by atoms with Crippen LogP contribution in [-0.4, -0.2) is 39.5 Å². The van der Waals surface area contributed by atoms with E-state index in [0.717, 1.165) is 7.11 Å². The number of unbranched alkanes of at least 4 members (excludes halogenated alkanes) is 3. The second kappa shape index (κ2) is 22.7. The van der Waals surface area contributed by atoms with E-state index in [1.165, 1.54) is 32.6 Å². The molecule has 0 aromatic heterocycles. The molecule has 0 saturated heterocycles. The first-order valence-electron chi connectivity index (χ1n) is 6.05. The molecule has 0 aromatic carbocycles. The molecule has 4 N–H and O–H groups in total. The highest BCUT2D eigenvalue weighted by atomic mass is 31.2. The SMILES string of the molecule is CCCCCC.CCOC(C)=O.CO.O=P(O)(O)O. The average Bonchev–Trinajstić information content (AvgIpc) is 2.27. The number of esters is 1. The number of hydrogen-bond donors (Lipinski definition) is 4. The van der Waals surface area contributed by atoms with E-state index in [1.807, 2.05) is 0 Å². The van der Waals surface area contributed by atoms with Crippen LogP contribution in [0, 0.1) is 0 Å². The molecule has 0 bridgehead atoms. The number of ether oxygens (including phenoxy) is 1. The lowest BCUT2D eigenvalue weighted by Crippen LogP contribution is -1.95. The molecular weight excluding hydrogens is 275 g/mol. The van der Waals surface area contributed by atoms with Crippen molar-refractivity contribution in [3.8, 4) is 0 Å². The smallest absolute Gasteiger partial charge is 0.466 e. The molecule has 0 fully saturated rings. The minimum atomic E-state index is -4.64. The van der Waals surface area contributed by atoms with Gasteiger partial charge >= 0.3 is 13.8 Å². The lowest BCUT2D eigenvalue weighted by molar-refractivity contribution is -0.140. The van der Waals surface area contributed by atoms with Crippen LogP contribution in [-0.2, 0) is 14.1 Å². The van der Waals surface area contributed by atoms with Crippen LogP contribution in [0.4, 0.5) is 0 Å². The first-order chi connectivity index (χ1) is 8.68. The van der Waals surface area contributed by atoms with Crippen LogP contribution in [0.3, 0.4) is 0 Å². The van der Waals surface area contributed by atoms with Crippen molar-refractivity contribution >= 4 is 13.8 Å². The summed E-state index contributed by atoms with van der Waals surface area (Å²) in [4.78, 5) is 31.4. The van der Waals surface area contributed by atoms with E-state index in [9.17, 15) is 4.79 Å². The number of carbonyl (C=O) groups excluding carboxylic acids is 1. The Hall–Kier alpha value is -0.460. The van der Waals surface area contributed by atoms with Gasteiger partial charge in [-0.3, -0.25) is 4.79 Å². The molecule has 0 saturated carbocycles. The summed E-state index contributed by atoms with van der Waals surface area (Å²) in [7, 11) is -3.64. The normalized spacial score (nSPS) is 8.68. The Morgan fingerprint density at radius 2 is 1.26 bits per heavy atom. The van der Waals surface area contributed by atoms with E-state index in [4.69, 9.17) is 24.4 Å². The fourth-order valence-electron chi connectivity index (χ4n) is 0.703. The van der Waals surface area contributed by atoms with Gasteiger partial charge in [0.25, 0.3) is 0 Å². The fraction of sp³-hybridized carbons (Fsp3) is 0.909. The minimum Gasteiger partial charge on any atom is -0.466 e. The molecule has 0 unspecified atom stereocenters. The van der Waals surface area contributed by atoms with Gasteiger partial charge in [0, 0.05) is 14.0 Å². The van der Waals surface area contributed by atoms with Crippen LogP contribution in [0.1, 0.15) is 53.4 Å². The van der Waals surface area contributed by atoms with Crippen LogP contribution >= 0.6 is 7.82 Å². The first kappa shape index (κ1) is 27.0. The van der Waals surface area contributed by atoms with Gasteiger partial charge in [-0.25, -0.2) is 4.57 Å². The van der Waals surface area contributed by atoms with E-state index < -0.39 is 7.82 Å². The second-order valence-electron chi connectivity index (χ2n) is 3.14. The Morgan fingerprint density at radius 3 is 1.32 bits per heavy atom. The van der Waals surface area contributed by atoms with E-state index >= 15 is 0 Å². The molecule has 19 heavy (non-hydrogen) atoms. The first-order valence-corrected chi connectivity index (χ1v) is 7.61. The van der Waals surface area contributed by atoms with Gasteiger partial charge in [0.1, 0.15) is 0 Å². The van der Waals surface area contributed by atoms with Crippen LogP contribution in [0.15, 0.2) is 0 Å². The third kappa shape index (κ3) is 138. The van der Waals surface area contributed by atoms with Gasteiger partial charge < -0.3 is 24.5 Å². The quantitative estimate of drug-likeness (QED) is 0.355. The van der Waals surface area contributed by atoms with Gasteiger partial charge in [-0.05, 0) is 6.92 Å². The summed E-state index contributed by atoms with van der Waals surface area (Å²) >= 11 is 0. The van der Waals surface area contributed by atoms with Crippen molar-refractivity contribution in [2.24, 2.45) is 0 Å². The molecule has 7 nitrogen and oxygen atoms in total. The van der Waals surface area contributed by atoms with Crippen LogP contribution in [0.2, 0.25) is 0 Å². The number of phosphoric acid groups is 1. The zero-order chi connectivity index (χ0) is 16.3. The van der Waals surface area contributed by atoms with Gasteiger partial charge in [-0.1, -0.05) is 39.5 Å². The number of aliphatic hydroxyl groups excluding tert-OH is 1. The predicted molar refractivity (Wildman–Crippen MR) is 74.5 cm³/mol. The Kier molecular flexibility index (Phi) is 32.2. The molecule has 0 atom stereocenters. The van der Waals surface area contributed by atoms with Crippen LogP contribution < -0.4 is 0 Å². The summed E-state index contributed by atoms with van der Waals surface area (Å²) in [5.41, 5.74) is 0. The molecule has 0 spiro atoms. The highest BCUT2D eigenvalue weighted by Crippen LogP contribution is 2.25. The highest BCUT2D eigenvalue weighted by Gasteiger charge is 2.00. The topological polar surface area (TPSA) is 124 Å². The Labute approximate surface area is 115 Å². The highest BCUT2D eigenvalue weighted by molar-refractivity contribution is 7.45. The molecule has 0 aliphatic heterocycles. The second-order valence-corrected chi connectivity index (χ2v) is 4.17. The van der Waals surface area contributed by atoms with Crippen molar-refractivity contribution in [2.45, 2.75) is 53.4 Å². The van der Waals surface area contributed by atoms with Crippen molar-refractivity contribution < 1.29 is 33.9 Å². The lowest BCUT2D eigenvalue weighted by Gasteiger charge is -1.89. The van der Waals surface area contributed by atoms with Crippen molar-refractivity contribution in [3.63, 3.8) is 0 Å². The number of carbonyl (C=O) groups is 1.